The van der Waals surface area contributed by atoms with Crippen LogP contribution in [-0.2, 0) is 6.54 Å². The zero-order valence-corrected chi connectivity index (χ0v) is 13.3. The second-order valence-electron chi connectivity index (χ2n) is 6.38. The monoisotopic (exact) mass is 289 g/mol. The zero-order valence-electron chi connectivity index (χ0n) is 13.3. The van der Waals surface area contributed by atoms with E-state index in [1.54, 1.807) is 11.8 Å². The molecule has 2 N–H and O–H groups in total. The molecule has 1 unspecified atom stereocenters. The fourth-order valence-electron chi connectivity index (χ4n) is 2.00. The minimum Gasteiger partial charge on any atom is -0.496 e. The molecule has 0 saturated heterocycles. The summed E-state index contributed by atoms with van der Waals surface area (Å²) < 4.78 is 7.18. The number of methoxy groups -OCH3 is 1. The van der Waals surface area contributed by atoms with Crippen molar-refractivity contribution in [1.29, 1.82) is 0 Å². The summed E-state index contributed by atoms with van der Waals surface area (Å²) in [7, 11) is 1.62. The van der Waals surface area contributed by atoms with Crippen LogP contribution in [0.25, 0.3) is 11.4 Å². The average Bonchev–Trinajstić information content (AvgIpc) is 2.85. The lowest BCUT2D eigenvalue weighted by atomic mass is 9.82. The number of aromatic nitrogens is 4. The molecule has 0 spiro atoms. The third-order valence-corrected chi connectivity index (χ3v) is 3.96. The largest absolute Gasteiger partial charge is 0.496 e. The quantitative estimate of drug-likeness (QED) is 0.875. The Morgan fingerprint density at radius 3 is 2.67 bits per heavy atom. The van der Waals surface area contributed by atoms with Gasteiger partial charge in [-0.2, -0.15) is 0 Å². The van der Waals surface area contributed by atoms with Crippen LogP contribution in [0.4, 0.5) is 5.69 Å². The van der Waals surface area contributed by atoms with E-state index in [2.05, 4.69) is 43.2 Å². The van der Waals surface area contributed by atoms with E-state index in [0.29, 0.717) is 23.2 Å². The third kappa shape index (κ3) is 3.15. The number of anilines is 1. The Labute approximate surface area is 125 Å². The van der Waals surface area contributed by atoms with Crippen LogP contribution in [0, 0.1) is 11.3 Å². The Hall–Kier alpha value is -2.11. The van der Waals surface area contributed by atoms with Crippen LogP contribution in [0.1, 0.15) is 27.7 Å². The second kappa shape index (κ2) is 5.71. The predicted octanol–water partition coefficient (Wildman–Crippen LogP) is 2.61. The summed E-state index contributed by atoms with van der Waals surface area (Å²) in [6.45, 7) is 9.54. The highest BCUT2D eigenvalue weighted by Gasteiger charge is 2.24. The van der Waals surface area contributed by atoms with Crippen LogP contribution in [0.5, 0.6) is 5.75 Å². The van der Waals surface area contributed by atoms with Gasteiger partial charge in [0.15, 0.2) is 5.82 Å². The number of rotatable bonds is 4. The van der Waals surface area contributed by atoms with Gasteiger partial charge in [0.25, 0.3) is 0 Å². The molecule has 0 saturated carbocycles. The number of ether oxygens (including phenoxy) is 1. The molecule has 21 heavy (non-hydrogen) atoms. The van der Waals surface area contributed by atoms with E-state index in [-0.39, 0.29) is 5.41 Å². The predicted molar refractivity (Wildman–Crippen MR) is 82.8 cm³/mol. The molecule has 1 atom stereocenters. The van der Waals surface area contributed by atoms with Crippen LogP contribution in [0.2, 0.25) is 0 Å². The Bertz CT molecular complexity index is 615. The molecule has 0 aliphatic carbocycles. The van der Waals surface area contributed by atoms with E-state index < -0.39 is 0 Å². The molecule has 0 aliphatic rings. The molecule has 0 bridgehead atoms. The van der Waals surface area contributed by atoms with Gasteiger partial charge in [-0.25, -0.2) is 4.68 Å². The van der Waals surface area contributed by atoms with Crippen LogP contribution < -0.4 is 10.5 Å². The van der Waals surface area contributed by atoms with Crippen LogP contribution in [-0.4, -0.2) is 27.3 Å². The fourth-order valence-corrected chi connectivity index (χ4v) is 2.00. The van der Waals surface area contributed by atoms with Gasteiger partial charge in [-0.05, 0) is 33.9 Å². The van der Waals surface area contributed by atoms with Crippen molar-refractivity contribution in [2.24, 2.45) is 11.3 Å². The van der Waals surface area contributed by atoms with Crippen LogP contribution in [0.15, 0.2) is 18.2 Å². The first-order valence-electron chi connectivity index (χ1n) is 7.03. The molecule has 0 amide bonds. The number of benzene rings is 1. The molecule has 1 aromatic heterocycles. The van der Waals surface area contributed by atoms with Gasteiger partial charge < -0.3 is 10.5 Å². The summed E-state index contributed by atoms with van der Waals surface area (Å²) in [5.41, 5.74) is 7.61. The summed E-state index contributed by atoms with van der Waals surface area (Å²) in [6, 6.07) is 5.53. The van der Waals surface area contributed by atoms with E-state index in [1.165, 1.54) is 0 Å². The first kappa shape index (κ1) is 15.3. The first-order valence-corrected chi connectivity index (χ1v) is 7.03. The molecule has 1 aromatic carbocycles. The number of tetrazole rings is 1. The normalized spacial score (nSPS) is 13.2. The first-order chi connectivity index (χ1) is 9.84. The maximum absolute atomic E-state index is 6.08. The fraction of sp³-hybridized carbons (Fsp3) is 0.533. The van der Waals surface area contributed by atoms with E-state index in [1.807, 2.05) is 18.2 Å². The highest BCUT2D eigenvalue weighted by atomic mass is 16.5. The standard InChI is InChI=1S/C15H23N5O/c1-10(15(2,3)4)9-20-14(17-18-19-20)13-11(16)7-6-8-12(13)21-5/h6-8,10H,9,16H2,1-5H3. The topological polar surface area (TPSA) is 78.8 Å². The van der Waals surface area contributed by atoms with Crippen LogP contribution in [0.3, 0.4) is 0 Å². The van der Waals surface area contributed by atoms with Crippen LogP contribution >= 0.6 is 0 Å². The maximum Gasteiger partial charge on any atom is 0.187 e. The second-order valence-corrected chi connectivity index (χ2v) is 6.38. The highest BCUT2D eigenvalue weighted by Crippen LogP contribution is 2.34. The molecule has 6 nitrogen and oxygen atoms in total. The van der Waals surface area contributed by atoms with E-state index in [0.717, 1.165) is 12.1 Å². The summed E-state index contributed by atoms with van der Waals surface area (Å²) in [4.78, 5) is 0. The van der Waals surface area contributed by atoms with Crippen molar-refractivity contribution in [2.45, 2.75) is 34.2 Å². The van der Waals surface area contributed by atoms with Crippen molar-refractivity contribution in [3.05, 3.63) is 18.2 Å². The Balaban J connectivity index is 2.42. The van der Waals surface area contributed by atoms with E-state index in [4.69, 9.17) is 10.5 Å². The molecule has 6 heteroatoms. The molecule has 0 aliphatic heterocycles. The zero-order chi connectivity index (χ0) is 15.6. The van der Waals surface area contributed by atoms with Crippen molar-refractivity contribution in [1.82, 2.24) is 20.2 Å². The number of nitrogens with two attached hydrogens (primary N) is 1. The molecule has 2 aromatic rings. The van der Waals surface area contributed by atoms with Crippen molar-refractivity contribution >= 4 is 5.69 Å². The molecule has 1 heterocycles. The van der Waals surface area contributed by atoms with Gasteiger partial charge >= 0.3 is 0 Å². The van der Waals surface area contributed by atoms with Gasteiger partial charge in [0.05, 0.1) is 12.7 Å². The summed E-state index contributed by atoms with van der Waals surface area (Å²) >= 11 is 0. The van der Waals surface area contributed by atoms with E-state index >= 15 is 0 Å². The molecular weight excluding hydrogens is 266 g/mol. The average molecular weight is 289 g/mol. The van der Waals surface area contributed by atoms with Crippen molar-refractivity contribution < 1.29 is 4.74 Å². The smallest absolute Gasteiger partial charge is 0.187 e. The molecule has 0 fully saturated rings. The number of hydrogen-bond acceptors (Lipinski definition) is 5. The van der Waals surface area contributed by atoms with E-state index in [9.17, 15) is 0 Å². The maximum atomic E-state index is 6.08. The van der Waals surface area contributed by atoms with Gasteiger partial charge in [0, 0.05) is 12.2 Å². The molecule has 114 valence electrons. The molecule has 0 radical (unpaired) electrons. The minimum atomic E-state index is 0.176. The Morgan fingerprint density at radius 2 is 2.05 bits per heavy atom. The number of nitrogens with zero attached hydrogens (tertiary/aromatic N) is 4. The highest BCUT2D eigenvalue weighted by molar-refractivity contribution is 5.77. The third-order valence-electron chi connectivity index (χ3n) is 3.96. The lowest BCUT2D eigenvalue weighted by Crippen LogP contribution is -2.23. The van der Waals surface area contributed by atoms with Crippen molar-refractivity contribution in [2.75, 3.05) is 12.8 Å². The number of nitrogen functional groups attached to an aromatic ring is 1. The van der Waals surface area contributed by atoms with Crippen molar-refractivity contribution in [3.8, 4) is 17.1 Å². The Kier molecular flexibility index (Phi) is 4.16. The SMILES string of the molecule is COc1cccc(N)c1-c1nnnn1CC(C)C(C)(C)C. The Morgan fingerprint density at radius 1 is 1.33 bits per heavy atom. The van der Waals surface area contributed by atoms with Crippen molar-refractivity contribution in [3.63, 3.8) is 0 Å². The number of hydrogen-bond donors (Lipinski definition) is 1. The van der Waals surface area contributed by atoms with Gasteiger partial charge in [0.2, 0.25) is 0 Å². The molecule has 2 rings (SSSR count). The van der Waals surface area contributed by atoms with Gasteiger partial charge in [-0.3, -0.25) is 0 Å². The summed E-state index contributed by atoms with van der Waals surface area (Å²) in [5, 5.41) is 12.0. The molecular formula is C15H23N5O. The summed E-state index contributed by atoms with van der Waals surface area (Å²) in [6.07, 6.45) is 0. The lowest BCUT2D eigenvalue weighted by Gasteiger charge is -2.27. The summed E-state index contributed by atoms with van der Waals surface area (Å²) in [5.74, 6) is 1.73. The minimum absolute atomic E-state index is 0.176. The van der Waals surface area contributed by atoms with Gasteiger partial charge in [-0.1, -0.05) is 33.8 Å². The lowest BCUT2D eigenvalue weighted by molar-refractivity contribution is 0.225. The van der Waals surface area contributed by atoms with Gasteiger partial charge in [-0.15, -0.1) is 5.10 Å². The van der Waals surface area contributed by atoms with Gasteiger partial charge in [0.1, 0.15) is 5.75 Å².